The summed E-state index contributed by atoms with van der Waals surface area (Å²) in [6, 6.07) is 5.82. The number of benzene rings is 1. The predicted molar refractivity (Wildman–Crippen MR) is 73.3 cm³/mol. The number of thioether (sulfide) groups is 1. The number of nitrogens with one attached hydrogen (secondary N) is 1. The van der Waals surface area contributed by atoms with Crippen LogP contribution in [0.5, 0.6) is 0 Å². The van der Waals surface area contributed by atoms with Crippen molar-refractivity contribution in [3.63, 3.8) is 0 Å². The Hall–Kier alpha value is -0.580. The van der Waals surface area contributed by atoms with Crippen LogP contribution in [0, 0.1) is 5.82 Å². The third-order valence-electron chi connectivity index (χ3n) is 3.08. The van der Waals surface area contributed by atoms with E-state index in [1.54, 1.807) is 17.8 Å². The number of aliphatic hydroxyl groups excluding tert-OH is 1. The van der Waals surface area contributed by atoms with Gasteiger partial charge in [-0.1, -0.05) is 13.0 Å². The molecule has 0 spiro atoms. The zero-order chi connectivity index (χ0) is 13.0. The molecule has 0 amide bonds. The van der Waals surface area contributed by atoms with Crippen molar-refractivity contribution in [2.45, 2.75) is 48.9 Å². The second-order valence-corrected chi connectivity index (χ2v) is 6.29. The van der Waals surface area contributed by atoms with Gasteiger partial charge in [0, 0.05) is 34.9 Å². The molecular weight excluding hydrogens is 249 g/mol. The van der Waals surface area contributed by atoms with Crippen LogP contribution in [0.3, 0.4) is 0 Å². The first kappa shape index (κ1) is 13.8. The molecule has 0 heterocycles. The first-order chi connectivity index (χ1) is 8.70. The van der Waals surface area contributed by atoms with Gasteiger partial charge in [0.2, 0.25) is 0 Å². The van der Waals surface area contributed by atoms with Crippen molar-refractivity contribution in [2.75, 3.05) is 6.61 Å². The van der Waals surface area contributed by atoms with Crippen molar-refractivity contribution in [2.24, 2.45) is 0 Å². The van der Waals surface area contributed by atoms with Gasteiger partial charge in [-0.15, -0.1) is 11.8 Å². The van der Waals surface area contributed by atoms with Crippen molar-refractivity contribution in [3.05, 3.63) is 29.6 Å². The van der Waals surface area contributed by atoms with Gasteiger partial charge >= 0.3 is 0 Å². The van der Waals surface area contributed by atoms with Crippen LogP contribution in [-0.4, -0.2) is 23.0 Å². The first-order valence-corrected chi connectivity index (χ1v) is 7.37. The van der Waals surface area contributed by atoms with Crippen molar-refractivity contribution in [1.29, 1.82) is 0 Å². The number of hydrogen-bond acceptors (Lipinski definition) is 3. The molecule has 0 aliphatic heterocycles. The number of rotatable bonds is 7. The third kappa shape index (κ3) is 3.97. The Bertz CT molecular complexity index is 395. The predicted octanol–water partition coefficient (Wildman–Crippen LogP) is 2.94. The zero-order valence-electron chi connectivity index (χ0n) is 10.7. The SMILES string of the molecule is CC(CCO)Sc1cccc(F)c1CNC1CC1. The normalized spacial score (nSPS) is 16.8. The van der Waals surface area contributed by atoms with E-state index in [1.165, 1.54) is 18.9 Å². The van der Waals surface area contributed by atoms with E-state index in [2.05, 4.69) is 12.2 Å². The van der Waals surface area contributed by atoms with Crippen LogP contribution in [0.2, 0.25) is 0 Å². The Morgan fingerprint density at radius 2 is 2.28 bits per heavy atom. The molecule has 2 rings (SSSR count). The molecular formula is C14H20FNOS. The van der Waals surface area contributed by atoms with Gasteiger partial charge in [-0.05, 0) is 31.4 Å². The molecule has 0 radical (unpaired) electrons. The molecule has 1 aromatic carbocycles. The summed E-state index contributed by atoms with van der Waals surface area (Å²) in [6.45, 7) is 2.84. The molecule has 1 unspecified atom stereocenters. The Kier molecular flexibility index (Phi) is 5.03. The summed E-state index contributed by atoms with van der Waals surface area (Å²) >= 11 is 1.64. The maximum Gasteiger partial charge on any atom is 0.128 e. The molecule has 1 aliphatic rings. The van der Waals surface area contributed by atoms with E-state index in [1.807, 2.05) is 6.07 Å². The lowest BCUT2D eigenvalue weighted by Gasteiger charge is -2.14. The minimum absolute atomic E-state index is 0.135. The highest BCUT2D eigenvalue weighted by Crippen LogP contribution is 2.30. The monoisotopic (exact) mass is 269 g/mol. The van der Waals surface area contributed by atoms with Crippen molar-refractivity contribution in [1.82, 2.24) is 5.32 Å². The second kappa shape index (κ2) is 6.55. The van der Waals surface area contributed by atoms with Crippen LogP contribution in [-0.2, 0) is 6.54 Å². The van der Waals surface area contributed by atoms with E-state index in [9.17, 15) is 4.39 Å². The van der Waals surface area contributed by atoms with Gasteiger partial charge in [0.15, 0.2) is 0 Å². The van der Waals surface area contributed by atoms with E-state index >= 15 is 0 Å². The first-order valence-electron chi connectivity index (χ1n) is 6.49. The molecule has 18 heavy (non-hydrogen) atoms. The van der Waals surface area contributed by atoms with E-state index in [4.69, 9.17) is 5.11 Å². The molecule has 1 aromatic rings. The van der Waals surface area contributed by atoms with Crippen LogP contribution < -0.4 is 5.32 Å². The standard InChI is InChI=1S/C14H20FNOS/c1-10(7-8-17)18-14-4-2-3-13(15)12(14)9-16-11-5-6-11/h2-4,10-11,16-17H,5-9H2,1H3. The van der Waals surface area contributed by atoms with E-state index in [-0.39, 0.29) is 12.4 Å². The molecule has 1 fully saturated rings. The fourth-order valence-electron chi connectivity index (χ4n) is 1.81. The van der Waals surface area contributed by atoms with Gasteiger partial charge in [0.1, 0.15) is 5.82 Å². The Labute approximate surface area is 112 Å². The fraction of sp³-hybridized carbons (Fsp3) is 0.571. The lowest BCUT2D eigenvalue weighted by molar-refractivity contribution is 0.289. The molecule has 0 aromatic heterocycles. The molecule has 1 atom stereocenters. The van der Waals surface area contributed by atoms with E-state index in [0.29, 0.717) is 17.8 Å². The second-order valence-electron chi connectivity index (χ2n) is 4.81. The van der Waals surface area contributed by atoms with Crippen LogP contribution in [0.4, 0.5) is 4.39 Å². The molecule has 0 saturated heterocycles. The summed E-state index contributed by atoms with van der Waals surface area (Å²) in [5.41, 5.74) is 0.763. The maximum atomic E-state index is 13.9. The number of hydrogen-bond donors (Lipinski definition) is 2. The lowest BCUT2D eigenvalue weighted by atomic mass is 10.2. The molecule has 0 bridgehead atoms. The topological polar surface area (TPSA) is 32.3 Å². The van der Waals surface area contributed by atoms with E-state index < -0.39 is 0 Å². The summed E-state index contributed by atoms with van der Waals surface area (Å²) in [4.78, 5) is 0.990. The molecule has 2 N–H and O–H groups in total. The Morgan fingerprint density at radius 1 is 1.50 bits per heavy atom. The highest BCUT2D eigenvalue weighted by atomic mass is 32.2. The van der Waals surface area contributed by atoms with Crippen molar-refractivity contribution >= 4 is 11.8 Å². The van der Waals surface area contributed by atoms with Crippen LogP contribution >= 0.6 is 11.8 Å². The minimum atomic E-state index is -0.135. The minimum Gasteiger partial charge on any atom is -0.396 e. The fourth-order valence-corrected chi connectivity index (χ4v) is 2.94. The van der Waals surface area contributed by atoms with Gasteiger partial charge in [-0.3, -0.25) is 0 Å². The smallest absolute Gasteiger partial charge is 0.128 e. The Morgan fingerprint density at radius 3 is 2.94 bits per heavy atom. The summed E-state index contributed by atoms with van der Waals surface area (Å²) in [5, 5.41) is 12.6. The van der Waals surface area contributed by atoms with Crippen LogP contribution in [0.15, 0.2) is 23.1 Å². The van der Waals surface area contributed by atoms with Gasteiger partial charge in [-0.25, -0.2) is 4.39 Å². The molecule has 1 saturated carbocycles. The quantitative estimate of drug-likeness (QED) is 0.747. The molecule has 100 valence electrons. The average molecular weight is 269 g/mol. The van der Waals surface area contributed by atoms with Crippen LogP contribution in [0.25, 0.3) is 0 Å². The average Bonchev–Trinajstić information content (AvgIpc) is 3.12. The van der Waals surface area contributed by atoms with Crippen molar-refractivity contribution in [3.8, 4) is 0 Å². The lowest BCUT2D eigenvalue weighted by Crippen LogP contribution is -2.17. The van der Waals surface area contributed by atoms with Gasteiger partial charge < -0.3 is 10.4 Å². The van der Waals surface area contributed by atoms with E-state index in [0.717, 1.165) is 16.9 Å². The third-order valence-corrected chi connectivity index (χ3v) is 4.36. The number of halogens is 1. The highest BCUT2D eigenvalue weighted by Gasteiger charge is 2.21. The maximum absolute atomic E-state index is 13.9. The summed E-state index contributed by atoms with van der Waals surface area (Å²) in [5.74, 6) is -0.135. The van der Waals surface area contributed by atoms with Crippen LogP contribution in [0.1, 0.15) is 31.7 Å². The highest BCUT2D eigenvalue weighted by molar-refractivity contribution is 8.00. The summed E-state index contributed by atoms with van der Waals surface area (Å²) in [6.07, 6.45) is 3.15. The van der Waals surface area contributed by atoms with Gasteiger partial charge in [0.05, 0.1) is 0 Å². The van der Waals surface area contributed by atoms with Gasteiger partial charge in [-0.2, -0.15) is 0 Å². The molecule has 2 nitrogen and oxygen atoms in total. The summed E-state index contributed by atoms with van der Waals surface area (Å²) in [7, 11) is 0. The Balaban J connectivity index is 2.04. The number of aliphatic hydroxyl groups is 1. The summed E-state index contributed by atoms with van der Waals surface area (Å²) < 4.78 is 13.9. The van der Waals surface area contributed by atoms with Crippen molar-refractivity contribution < 1.29 is 9.50 Å². The largest absolute Gasteiger partial charge is 0.396 e. The molecule has 1 aliphatic carbocycles. The molecule has 4 heteroatoms. The zero-order valence-corrected chi connectivity index (χ0v) is 11.5. The van der Waals surface area contributed by atoms with Gasteiger partial charge in [0.25, 0.3) is 0 Å².